The first-order valence-electron chi connectivity index (χ1n) is 7.01. The fraction of sp³-hybridized carbons (Fsp3) is 0.533. The van der Waals surface area contributed by atoms with E-state index in [9.17, 15) is 4.79 Å². The predicted octanol–water partition coefficient (Wildman–Crippen LogP) is 2.09. The van der Waals surface area contributed by atoms with Crippen LogP contribution in [0.25, 0.3) is 0 Å². The van der Waals surface area contributed by atoms with Gasteiger partial charge in [-0.3, -0.25) is 4.79 Å². The molecule has 0 aromatic heterocycles. The highest BCUT2D eigenvalue weighted by atomic mass is 79.9. The lowest BCUT2D eigenvalue weighted by molar-refractivity contribution is -0.127. The van der Waals surface area contributed by atoms with E-state index in [0.717, 1.165) is 16.6 Å². The molecule has 118 valence electrons. The molecule has 5 nitrogen and oxygen atoms in total. The Morgan fingerprint density at radius 1 is 1.43 bits per heavy atom. The summed E-state index contributed by atoms with van der Waals surface area (Å²) < 4.78 is 11.7. The number of hydrogen-bond donors (Lipinski definition) is 2. The van der Waals surface area contributed by atoms with Crippen molar-refractivity contribution in [1.29, 1.82) is 0 Å². The van der Waals surface area contributed by atoms with Gasteiger partial charge in [-0.15, -0.1) is 0 Å². The van der Waals surface area contributed by atoms with Crippen LogP contribution in [0.3, 0.4) is 0 Å². The number of carbonyl (C=O) groups excluding carboxylic acids is 1. The molecule has 0 bridgehead atoms. The molecule has 0 aliphatic rings. The van der Waals surface area contributed by atoms with Crippen molar-refractivity contribution in [2.24, 2.45) is 0 Å². The maximum absolute atomic E-state index is 11.8. The first kappa shape index (κ1) is 17.9. The number of methoxy groups -OCH3 is 1. The fourth-order valence-corrected chi connectivity index (χ4v) is 2.27. The number of para-hydroxylation sites is 1. The third kappa shape index (κ3) is 6.03. The Hall–Kier alpha value is -1.11. The summed E-state index contributed by atoms with van der Waals surface area (Å²) in [6.07, 6.45) is -0.540. The molecule has 0 fully saturated rings. The van der Waals surface area contributed by atoms with Crippen molar-refractivity contribution in [3.63, 3.8) is 0 Å². The van der Waals surface area contributed by atoms with Gasteiger partial charge in [0.25, 0.3) is 5.91 Å². The minimum Gasteiger partial charge on any atom is -0.479 e. The zero-order chi connectivity index (χ0) is 15.7. The van der Waals surface area contributed by atoms with Crippen molar-refractivity contribution in [2.75, 3.05) is 26.8 Å². The minimum atomic E-state index is -0.540. The van der Waals surface area contributed by atoms with E-state index in [4.69, 9.17) is 9.47 Å². The van der Waals surface area contributed by atoms with Crippen molar-refractivity contribution in [3.8, 4) is 5.75 Å². The molecule has 1 rings (SSSR count). The van der Waals surface area contributed by atoms with Crippen LogP contribution in [0.5, 0.6) is 5.75 Å². The Morgan fingerprint density at radius 3 is 2.86 bits per heavy atom. The Labute approximate surface area is 134 Å². The average molecular weight is 359 g/mol. The van der Waals surface area contributed by atoms with Crippen LogP contribution in [-0.4, -0.2) is 38.8 Å². The number of halogens is 1. The summed E-state index contributed by atoms with van der Waals surface area (Å²) in [6, 6.07) is 5.82. The number of amides is 1. The Balaban J connectivity index is 2.73. The van der Waals surface area contributed by atoms with Gasteiger partial charge in [-0.05, 0) is 35.8 Å². The molecule has 21 heavy (non-hydrogen) atoms. The molecule has 0 aliphatic carbocycles. The number of rotatable bonds is 9. The molecule has 0 spiro atoms. The highest BCUT2D eigenvalue weighted by molar-refractivity contribution is 9.10. The molecule has 1 amide bonds. The van der Waals surface area contributed by atoms with Crippen molar-refractivity contribution in [3.05, 3.63) is 28.2 Å². The summed E-state index contributed by atoms with van der Waals surface area (Å²) in [5.74, 6) is 0.577. The van der Waals surface area contributed by atoms with Gasteiger partial charge in [0.2, 0.25) is 0 Å². The van der Waals surface area contributed by atoms with Gasteiger partial charge in [0.05, 0.1) is 11.1 Å². The van der Waals surface area contributed by atoms with Gasteiger partial charge in [0.1, 0.15) is 5.75 Å². The number of nitrogens with one attached hydrogen (secondary N) is 2. The van der Waals surface area contributed by atoms with Gasteiger partial charge >= 0.3 is 0 Å². The van der Waals surface area contributed by atoms with Crippen molar-refractivity contribution >= 4 is 21.8 Å². The van der Waals surface area contributed by atoms with Gasteiger partial charge in [0, 0.05) is 32.3 Å². The second-order valence-corrected chi connectivity index (χ2v) is 5.41. The van der Waals surface area contributed by atoms with Crippen LogP contribution >= 0.6 is 15.9 Å². The van der Waals surface area contributed by atoms with Crippen LogP contribution in [0.15, 0.2) is 22.7 Å². The summed E-state index contributed by atoms with van der Waals surface area (Å²) in [7, 11) is 1.67. The van der Waals surface area contributed by atoms with E-state index in [-0.39, 0.29) is 5.91 Å². The van der Waals surface area contributed by atoms with Gasteiger partial charge in [-0.25, -0.2) is 0 Å². The predicted molar refractivity (Wildman–Crippen MR) is 86.5 cm³/mol. The number of likely N-dealkylation sites (N-methyl/N-ethyl adjacent to an activating group) is 1. The Bertz CT molecular complexity index is 455. The van der Waals surface area contributed by atoms with Crippen LogP contribution in [0.1, 0.15) is 19.4 Å². The monoisotopic (exact) mass is 358 g/mol. The number of benzene rings is 1. The second-order valence-electron chi connectivity index (χ2n) is 4.55. The largest absolute Gasteiger partial charge is 0.479 e. The van der Waals surface area contributed by atoms with Gasteiger partial charge in [-0.2, -0.15) is 0 Å². The SMILES string of the molecule is CCNC(=O)C(C)Oc1c(Br)cccc1CNCCOC. The van der Waals surface area contributed by atoms with Crippen LogP contribution < -0.4 is 15.4 Å². The van der Waals surface area contributed by atoms with Crippen molar-refractivity contribution in [2.45, 2.75) is 26.5 Å². The Kier molecular flexibility index (Phi) is 8.34. The third-order valence-electron chi connectivity index (χ3n) is 2.86. The summed E-state index contributed by atoms with van der Waals surface area (Å²) in [6.45, 7) is 6.28. The first-order chi connectivity index (χ1) is 10.1. The number of hydrogen-bond acceptors (Lipinski definition) is 4. The van der Waals surface area contributed by atoms with E-state index >= 15 is 0 Å². The Morgan fingerprint density at radius 2 is 2.19 bits per heavy atom. The van der Waals surface area contributed by atoms with Gasteiger partial charge in [-0.1, -0.05) is 12.1 Å². The average Bonchev–Trinajstić information content (AvgIpc) is 2.46. The van der Waals surface area contributed by atoms with Crippen LogP contribution in [0.4, 0.5) is 0 Å². The maximum atomic E-state index is 11.8. The molecule has 0 heterocycles. The topological polar surface area (TPSA) is 59.6 Å². The second kappa shape index (κ2) is 9.76. The van der Waals surface area contributed by atoms with E-state index in [0.29, 0.717) is 25.4 Å². The molecule has 0 saturated heterocycles. The number of carbonyl (C=O) groups is 1. The molecule has 6 heteroatoms. The van der Waals surface area contributed by atoms with E-state index in [1.807, 2.05) is 25.1 Å². The van der Waals surface area contributed by atoms with Crippen LogP contribution in [0, 0.1) is 0 Å². The summed E-state index contributed by atoms with van der Waals surface area (Å²) in [5, 5.41) is 6.02. The van der Waals surface area contributed by atoms with E-state index < -0.39 is 6.10 Å². The zero-order valence-corrected chi connectivity index (χ0v) is 14.3. The molecular weight excluding hydrogens is 336 g/mol. The molecule has 1 aromatic carbocycles. The summed E-state index contributed by atoms with van der Waals surface area (Å²) in [5.41, 5.74) is 0.997. The lowest BCUT2D eigenvalue weighted by atomic mass is 10.2. The highest BCUT2D eigenvalue weighted by Crippen LogP contribution is 2.30. The maximum Gasteiger partial charge on any atom is 0.260 e. The first-order valence-corrected chi connectivity index (χ1v) is 7.80. The molecular formula is C15H23BrN2O3. The fourth-order valence-electron chi connectivity index (χ4n) is 1.77. The molecule has 0 saturated carbocycles. The van der Waals surface area contributed by atoms with E-state index in [1.54, 1.807) is 14.0 Å². The lowest BCUT2D eigenvalue weighted by Crippen LogP contribution is -2.36. The summed E-state index contributed by atoms with van der Waals surface area (Å²) in [4.78, 5) is 11.8. The quantitative estimate of drug-likeness (QED) is 0.663. The minimum absolute atomic E-state index is 0.119. The third-order valence-corrected chi connectivity index (χ3v) is 3.49. The van der Waals surface area contributed by atoms with Crippen LogP contribution in [0.2, 0.25) is 0 Å². The lowest BCUT2D eigenvalue weighted by Gasteiger charge is -2.18. The summed E-state index contributed by atoms with van der Waals surface area (Å²) >= 11 is 3.48. The molecule has 0 radical (unpaired) electrons. The highest BCUT2D eigenvalue weighted by Gasteiger charge is 2.17. The van der Waals surface area contributed by atoms with Gasteiger partial charge < -0.3 is 20.1 Å². The molecule has 2 N–H and O–H groups in total. The van der Waals surface area contributed by atoms with E-state index in [2.05, 4.69) is 26.6 Å². The van der Waals surface area contributed by atoms with Crippen molar-refractivity contribution in [1.82, 2.24) is 10.6 Å². The smallest absolute Gasteiger partial charge is 0.260 e. The van der Waals surface area contributed by atoms with E-state index in [1.165, 1.54) is 0 Å². The normalized spacial score (nSPS) is 12.0. The van der Waals surface area contributed by atoms with Crippen LogP contribution in [-0.2, 0) is 16.1 Å². The molecule has 0 aliphatic heterocycles. The molecule has 1 atom stereocenters. The molecule has 1 aromatic rings. The number of ether oxygens (including phenoxy) is 2. The molecule has 1 unspecified atom stereocenters. The standard InChI is InChI=1S/C15H23BrN2O3/c1-4-18-15(19)11(2)21-14-12(6-5-7-13(14)16)10-17-8-9-20-3/h5-7,11,17H,4,8-10H2,1-3H3,(H,18,19). The van der Waals surface area contributed by atoms with Crippen molar-refractivity contribution < 1.29 is 14.3 Å². The van der Waals surface area contributed by atoms with Gasteiger partial charge in [0.15, 0.2) is 6.10 Å². The zero-order valence-electron chi connectivity index (χ0n) is 12.7.